The molecule has 0 atom stereocenters. The lowest BCUT2D eigenvalue weighted by atomic mass is 9.96. The number of carbonyl (C=O) groups is 2. The molecule has 2 fully saturated rings. The molecule has 0 unspecified atom stereocenters. The highest BCUT2D eigenvalue weighted by molar-refractivity contribution is 7.97. The number of hydrogen-bond acceptors (Lipinski definition) is 8. The van der Waals surface area contributed by atoms with E-state index in [0.29, 0.717) is 43.7 Å². The number of anilines is 2. The van der Waals surface area contributed by atoms with Gasteiger partial charge in [-0.15, -0.1) is 0 Å². The molecule has 3 N–H and O–H groups in total. The molecule has 3 aromatic rings. The van der Waals surface area contributed by atoms with Crippen molar-refractivity contribution >= 4 is 35.9 Å². The molecule has 2 aliphatic rings. The smallest absolute Gasteiger partial charge is 0.253 e. The lowest BCUT2D eigenvalue weighted by molar-refractivity contribution is -0.119. The van der Waals surface area contributed by atoms with E-state index in [2.05, 4.69) is 39.6 Å². The Hall–Kier alpha value is -3.47. The van der Waals surface area contributed by atoms with Crippen molar-refractivity contribution in [3.8, 4) is 11.3 Å². The van der Waals surface area contributed by atoms with E-state index in [1.807, 2.05) is 36.5 Å². The van der Waals surface area contributed by atoms with Crippen LogP contribution in [0.2, 0.25) is 0 Å². The van der Waals surface area contributed by atoms with E-state index in [1.165, 1.54) is 19.3 Å². The highest BCUT2D eigenvalue weighted by atomic mass is 32.2. The van der Waals surface area contributed by atoms with Crippen LogP contribution in [0.15, 0.2) is 65.7 Å². The number of nitrogens with two attached hydrogens (primary N) is 1. The van der Waals surface area contributed by atoms with Gasteiger partial charge in [0.2, 0.25) is 12.4 Å². The van der Waals surface area contributed by atoms with Crippen LogP contribution in [0.1, 0.15) is 56.3 Å². The van der Waals surface area contributed by atoms with E-state index < -0.39 is 0 Å². The first-order valence-electron chi connectivity index (χ1n) is 14.1. The molecule has 2 heterocycles. The lowest BCUT2D eigenvalue weighted by Crippen LogP contribution is -2.48. The molecule has 1 saturated heterocycles. The third-order valence-corrected chi connectivity index (χ3v) is 8.08. The maximum Gasteiger partial charge on any atom is 0.253 e. The van der Waals surface area contributed by atoms with Crippen molar-refractivity contribution in [3.05, 3.63) is 66.4 Å². The van der Waals surface area contributed by atoms with Crippen LogP contribution in [-0.2, 0) is 4.79 Å². The van der Waals surface area contributed by atoms with Gasteiger partial charge in [0.25, 0.3) is 5.91 Å². The van der Waals surface area contributed by atoms with E-state index in [-0.39, 0.29) is 5.91 Å². The molecule has 9 nitrogen and oxygen atoms in total. The van der Waals surface area contributed by atoms with Crippen LogP contribution in [0.25, 0.3) is 11.3 Å². The summed E-state index contributed by atoms with van der Waals surface area (Å²) in [7, 11) is 0. The summed E-state index contributed by atoms with van der Waals surface area (Å²) < 4.78 is 1.91. The maximum absolute atomic E-state index is 12.8. The molecule has 1 aliphatic heterocycles. The van der Waals surface area contributed by atoms with Gasteiger partial charge in [-0.25, -0.2) is 9.97 Å². The van der Waals surface area contributed by atoms with Crippen LogP contribution >= 0.6 is 11.9 Å². The summed E-state index contributed by atoms with van der Waals surface area (Å²) in [6.07, 6.45) is 8.71. The summed E-state index contributed by atoms with van der Waals surface area (Å²) in [4.78, 5) is 37.3. The number of nitrogens with one attached hydrogen (secondary N) is 1. The summed E-state index contributed by atoms with van der Waals surface area (Å²) >= 11 is 1.60. The van der Waals surface area contributed by atoms with Crippen molar-refractivity contribution in [3.63, 3.8) is 0 Å². The number of amides is 2. The van der Waals surface area contributed by atoms with Crippen molar-refractivity contribution in [2.75, 3.05) is 31.5 Å². The monoisotopic (exact) mass is 561 g/mol. The average Bonchev–Trinajstić information content (AvgIpc) is 3.03. The third-order valence-electron chi connectivity index (χ3n) is 7.09. The Kier molecular flexibility index (Phi) is 10.9. The molecule has 1 aliphatic carbocycles. The minimum absolute atomic E-state index is 0.0292. The van der Waals surface area contributed by atoms with E-state index in [9.17, 15) is 9.59 Å². The molecule has 1 aromatic heterocycles. The number of hydrogen-bond donors (Lipinski definition) is 2. The van der Waals surface area contributed by atoms with Crippen LogP contribution in [0, 0.1) is 0 Å². The molecule has 5 rings (SSSR count). The normalized spacial score (nSPS) is 15.8. The van der Waals surface area contributed by atoms with Gasteiger partial charge in [0.1, 0.15) is 0 Å². The lowest BCUT2D eigenvalue weighted by Gasteiger charge is -2.32. The summed E-state index contributed by atoms with van der Waals surface area (Å²) in [5.74, 6) is 6.78. The van der Waals surface area contributed by atoms with Crippen molar-refractivity contribution < 1.29 is 9.59 Å². The number of piperazine rings is 1. The van der Waals surface area contributed by atoms with Crippen molar-refractivity contribution in [1.82, 2.24) is 24.2 Å². The molecule has 2 aromatic carbocycles. The number of carbonyl (C=O) groups excluding carboxylic acids is 2. The maximum atomic E-state index is 12.8. The van der Waals surface area contributed by atoms with Gasteiger partial charge in [0.15, 0.2) is 0 Å². The molecule has 0 radical (unpaired) electrons. The van der Waals surface area contributed by atoms with Gasteiger partial charge in [-0.2, -0.15) is 4.41 Å². The predicted octanol–water partition coefficient (Wildman–Crippen LogP) is 5.34. The third kappa shape index (κ3) is 7.80. The topological polar surface area (TPSA) is 108 Å². The van der Waals surface area contributed by atoms with Gasteiger partial charge in [-0.05, 0) is 67.3 Å². The van der Waals surface area contributed by atoms with E-state index in [0.717, 1.165) is 41.1 Å². The van der Waals surface area contributed by atoms with Gasteiger partial charge in [-0.3, -0.25) is 15.4 Å². The first kappa shape index (κ1) is 29.5. The summed E-state index contributed by atoms with van der Waals surface area (Å²) in [6.45, 7) is 6.22. The minimum Gasteiger partial charge on any atom is -0.342 e. The highest BCUT2D eigenvalue weighted by Crippen LogP contribution is 2.30. The van der Waals surface area contributed by atoms with Gasteiger partial charge in [-0.1, -0.05) is 45.2 Å². The van der Waals surface area contributed by atoms with E-state index in [4.69, 9.17) is 5.84 Å². The Morgan fingerprint density at radius 1 is 0.975 bits per heavy atom. The number of rotatable bonds is 8. The fourth-order valence-corrected chi connectivity index (χ4v) is 5.70. The Balaban J connectivity index is 0.00000181. The van der Waals surface area contributed by atoms with Crippen LogP contribution in [-0.4, -0.2) is 68.7 Å². The molecule has 10 heteroatoms. The quantitative estimate of drug-likeness (QED) is 0.164. The summed E-state index contributed by atoms with van der Waals surface area (Å²) in [6, 6.07) is 17.9. The highest BCUT2D eigenvalue weighted by Gasteiger charge is 2.21. The Morgan fingerprint density at radius 3 is 2.30 bits per heavy atom. The molecular weight excluding hydrogens is 522 g/mol. The Labute approximate surface area is 241 Å². The Morgan fingerprint density at radius 2 is 1.65 bits per heavy atom. The van der Waals surface area contributed by atoms with Crippen LogP contribution in [0.3, 0.4) is 0 Å². The zero-order valence-corrected chi connectivity index (χ0v) is 24.1. The zero-order chi connectivity index (χ0) is 28.3. The number of nitrogens with zero attached hydrogens (tertiary/aromatic N) is 5. The van der Waals surface area contributed by atoms with Crippen molar-refractivity contribution in [2.24, 2.45) is 5.84 Å². The SMILES string of the molecule is CC.NN(Sc1ccc(-c2ccnc(Nc3ccc(C(=O)N4CCN(C=O)CC4)cc3)n2)cc1)C1CCCCC1. The van der Waals surface area contributed by atoms with Crippen molar-refractivity contribution in [2.45, 2.75) is 56.9 Å². The fraction of sp³-hybridized carbons (Fsp3) is 0.400. The first-order valence-corrected chi connectivity index (χ1v) is 14.9. The molecule has 0 spiro atoms. The molecule has 1 saturated carbocycles. The molecular formula is C30H39N7O2S. The molecule has 212 valence electrons. The van der Waals surface area contributed by atoms with Crippen LogP contribution in [0.5, 0.6) is 0 Å². The second kappa shape index (κ2) is 14.8. The number of benzene rings is 2. The number of aromatic nitrogens is 2. The second-order valence-electron chi connectivity index (χ2n) is 9.67. The molecule has 0 bridgehead atoms. The Bertz CT molecular complexity index is 1230. The summed E-state index contributed by atoms with van der Waals surface area (Å²) in [5, 5.41) is 3.23. The number of hydrazine groups is 1. The van der Waals surface area contributed by atoms with Gasteiger partial charge in [0.05, 0.1) is 5.69 Å². The summed E-state index contributed by atoms with van der Waals surface area (Å²) in [5.41, 5.74) is 3.22. The minimum atomic E-state index is -0.0292. The van der Waals surface area contributed by atoms with Gasteiger partial charge < -0.3 is 15.1 Å². The predicted molar refractivity (Wildman–Crippen MR) is 161 cm³/mol. The van der Waals surface area contributed by atoms with E-state index >= 15 is 0 Å². The zero-order valence-electron chi connectivity index (χ0n) is 23.3. The standard InChI is InChI=1S/C28H33N7O2S.C2H6/c29-35(24-4-2-1-3-5-24)38-25-12-8-21(9-13-25)26-14-15-30-28(32-26)31-23-10-6-22(7-11-23)27(37)34-18-16-33(20-36)17-19-34;1-2/h6-15,20,24H,1-5,16-19,29H2,(H,30,31,32);1-2H3. The first-order chi connectivity index (χ1) is 19.6. The molecule has 2 amide bonds. The largest absolute Gasteiger partial charge is 0.342 e. The second-order valence-corrected chi connectivity index (χ2v) is 10.7. The van der Waals surface area contributed by atoms with Gasteiger partial charge >= 0.3 is 0 Å². The average molecular weight is 562 g/mol. The van der Waals surface area contributed by atoms with Crippen molar-refractivity contribution in [1.29, 1.82) is 0 Å². The van der Waals surface area contributed by atoms with Crippen LogP contribution < -0.4 is 11.2 Å². The fourth-order valence-electron chi connectivity index (χ4n) is 4.84. The molecule has 40 heavy (non-hydrogen) atoms. The van der Waals surface area contributed by atoms with E-state index in [1.54, 1.807) is 40.1 Å². The van der Waals surface area contributed by atoms with Crippen LogP contribution in [0.4, 0.5) is 11.6 Å². The van der Waals surface area contributed by atoms with Gasteiger partial charge in [0, 0.05) is 60.1 Å².